The Bertz CT molecular complexity index is 438. The summed E-state index contributed by atoms with van der Waals surface area (Å²) in [6.07, 6.45) is 3.28. The molecule has 5 heteroatoms. The van der Waals surface area contributed by atoms with Crippen molar-refractivity contribution in [2.45, 2.75) is 6.92 Å². The number of ether oxygens (including phenoxy) is 1. The van der Waals surface area contributed by atoms with Gasteiger partial charge < -0.3 is 10.5 Å². The van der Waals surface area contributed by atoms with Crippen molar-refractivity contribution in [3.63, 3.8) is 0 Å². The van der Waals surface area contributed by atoms with E-state index in [1.165, 1.54) is 0 Å². The van der Waals surface area contributed by atoms with Crippen molar-refractivity contribution in [2.24, 2.45) is 0 Å². The summed E-state index contributed by atoms with van der Waals surface area (Å²) in [6.45, 7) is 1.76. The van der Waals surface area contributed by atoms with Crippen LogP contribution in [0.4, 0.5) is 5.82 Å². The molecule has 0 radical (unpaired) electrons. The summed E-state index contributed by atoms with van der Waals surface area (Å²) in [5.41, 5.74) is 5.57. The second kappa shape index (κ2) is 3.91. The van der Waals surface area contributed by atoms with Crippen molar-refractivity contribution in [1.82, 2.24) is 15.0 Å². The Kier molecular flexibility index (Phi) is 2.45. The van der Waals surface area contributed by atoms with Crippen LogP contribution in [0.2, 0.25) is 0 Å². The quantitative estimate of drug-likeness (QED) is 0.799. The van der Waals surface area contributed by atoms with Gasteiger partial charge in [-0.05, 0) is 19.1 Å². The minimum atomic E-state index is 0.390. The van der Waals surface area contributed by atoms with Gasteiger partial charge in [-0.15, -0.1) is 0 Å². The van der Waals surface area contributed by atoms with Gasteiger partial charge >= 0.3 is 0 Å². The Labute approximate surface area is 87.0 Å². The molecule has 2 N–H and O–H groups in total. The molecule has 5 nitrogen and oxygen atoms in total. The van der Waals surface area contributed by atoms with Crippen LogP contribution in [0.25, 0.3) is 0 Å². The maximum Gasteiger partial charge on any atom is 0.224 e. The number of aromatic nitrogens is 3. The van der Waals surface area contributed by atoms with Crippen LogP contribution in [0.3, 0.4) is 0 Å². The zero-order chi connectivity index (χ0) is 10.7. The lowest BCUT2D eigenvalue weighted by molar-refractivity contribution is 0.458. The minimum absolute atomic E-state index is 0.390. The summed E-state index contributed by atoms with van der Waals surface area (Å²) < 4.78 is 5.45. The number of nitrogen functional groups attached to an aromatic ring is 1. The first-order valence-corrected chi connectivity index (χ1v) is 4.43. The van der Waals surface area contributed by atoms with Crippen LogP contribution in [0, 0.1) is 6.92 Å². The third-order valence-electron chi connectivity index (χ3n) is 1.69. The zero-order valence-electron chi connectivity index (χ0n) is 8.21. The van der Waals surface area contributed by atoms with Gasteiger partial charge in [-0.25, -0.2) is 4.98 Å². The summed E-state index contributed by atoms with van der Waals surface area (Å²) in [5, 5.41) is 0. The number of hydrogen-bond acceptors (Lipinski definition) is 5. The van der Waals surface area contributed by atoms with E-state index in [1.54, 1.807) is 37.5 Å². The van der Waals surface area contributed by atoms with Gasteiger partial charge in [-0.3, -0.25) is 4.98 Å². The normalized spacial score (nSPS) is 9.93. The first kappa shape index (κ1) is 9.39. The number of aryl methyl sites for hydroxylation is 1. The zero-order valence-corrected chi connectivity index (χ0v) is 8.21. The molecular weight excluding hydrogens is 192 g/mol. The van der Waals surface area contributed by atoms with Crippen LogP contribution in [0.15, 0.2) is 30.6 Å². The van der Waals surface area contributed by atoms with E-state index < -0.39 is 0 Å². The van der Waals surface area contributed by atoms with Crippen LogP contribution in [0.5, 0.6) is 11.6 Å². The molecule has 0 unspecified atom stereocenters. The van der Waals surface area contributed by atoms with Crippen LogP contribution in [0.1, 0.15) is 5.82 Å². The second-order valence-corrected chi connectivity index (χ2v) is 2.97. The van der Waals surface area contributed by atoms with Crippen molar-refractivity contribution in [1.29, 1.82) is 0 Å². The Hall–Kier alpha value is -2.17. The fourth-order valence-corrected chi connectivity index (χ4v) is 1.14. The van der Waals surface area contributed by atoms with Crippen molar-refractivity contribution in [3.8, 4) is 11.6 Å². The molecule has 0 aromatic carbocycles. The van der Waals surface area contributed by atoms with Gasteiger partial charge in [0.05, 0.1) is 6.20 Å². The van der Waals surface area contributed by atoms with E-state index in [0.29, 0.717) is 23.3 Å². The Morgan fingerprint density at radius 1 is 1.33 bits per heavy atom. The lowest BCUT2D eigenvalue weighted by Crippen LogP contribution is -1.97. The van der Waals surface area contributed by atoms with Gasteiger partial charge in [0.2, 0.25) is 5.88 Å². The molecule has 0 saturated carbocycles. The highest BCUT2D eigenvalue weighted by atomic mass is 16.5. The predicted molar refractivity (Wildman–Crippen MR) is 55.5 cm³/mol. The SMILES string of the molecule is Cc1nc(N)cc(Oc2cccnc2)n1. The van der Waals surface area contributed by atoms with Crippen LogP contribution in [-0.4, -0.2) is 15.0 Å². The summed E-state index contributed by atoms with van der Waals surface area (Å²) in [4.78, 5) is 12.0. The molecule has 0 fully saturated rings. The average Bonchev–Trinajstić information content (AvgIpc) is 2.17. The highest BCUT2D eigenvalue weighted by Crippen LogP contribution is 2.18. The number of hydrogen-bond donors (Lipinski definition) is 1. The highest BCUT2D eigenvalue weighted by Gasteiger charge is 2.01. The smallest absolute Gasteiger partial charge is 0.224 e. The number of nitrogens with two attached hydrogens (primary N) is 1. The molecule has 2 aromatic rings. The molecule has 2 rings (SSSR count). The lowest BCUT2D eigenvalue weighted by atomic mass is 10.4. The topological polar surface area (TPSA) is 73.9 Å². The number of nitrogens with zero attached hydrogens (tertiary/aromatic N) is 3. The highest BCUT2D eigenvalue weighted by molar-refractivity contribution is 5.34. The lowest BCUT2D eigenvalue weighted by Gasteiger charge is -2.04. The Morgan fingerprint density at radius 3 is 2.87 bits per heavy atom. The molecule has 0 saturated heterocycles. The van der Waals surface area contributed by atoms with Crippen molar-refractivity contribution < 1.29 is 4.74 Å². The van der Waals surface area contributed by atoms with E-state index in [2.05, 4.69) is 15.0 Å². The third kappa shape index (κ3) is 2.40. The van der Waals surface area contributed by atoms with Crippen LogP contribution < -0.4 is 10.5 Å². The average molecular weight is 202 g/mol. The molecule has 0 spiro atoms. The maximum absolute atomic E-state index is 5.57. The molecule has 0 aliphatic heterocycles. The van der Waals surface area contributed by atoms with Gasteiger partial charge in [0.15, 0.2) is 0 Å². The van der Waals surface area contributed by atoms with Crippen LogP contribution in [-0.2, 0) is 0 Å². The second-order valence-electron chi connectivity index (χ2n) is 2.97. The number of rotatable bonds is 2. The summed E-state index contributed by atoms with van der Waals surface area (Å²) >= 11 is 0. The first-order valence-electron chi connectivity index (χ1n) is 4.43. The summed E-state index contributed by atoms with van der Waals surface area (Å²) in [6, 6.07) is 5.15. The third-order valence-corrected chi connectivity index (χ3v) is 1.69. The van der Waals surface area contributed by atoms with Crippen molar-refractivity contribution >= 4 is 5.82 Å². The molecule has 0 aliphatic rings. The first-order chi connectivity index (χ1) is 7.24. The van der Waals surface area contributed by atoms with Gasteiger partial charge in [-0.1, -0.05) is 0 Å². The van der Waals surface area contributed by atoms with Gasteiger partial charge in [0.25, 0.3) is 0 Å². The van der Waals surface area contributed by atoms with Gasteiger partial charge in [0, 0.05) is 12.3 Å². The Balaban J connectivity index is 2.25. The van der Waals surface area contributed by atoms with E-state index in [4.69, 9.17) is 10.5 Å². The maximum atomic E-state index is 5.57. The molecule has 0 amide bonds. The van der Waals surface area contributed by atoms with Crippen molar-refractivity contribution in [2.75, 3.05) is 5.73 Å². The van der Waals surface area contributed by atoms with E-state index in [-0.39, 0.29) is 0 Å². The van der Waals surface area contributed by atoms with E-state index in [1.807, 2.05) is 0 Å². The molecule has 15 heavy (non-hydrogen) atoms. The largest absolute Gasteiger partial charge is 0.437 e. The number of anilines is 1. The van der Waals surface area contributed by atoms with E-state index >= 15 is 0 Å². The molecule has 2 heterocycles. The monoisotopic (exact) mass is 202 g/mol. The van der Waals surface area contributed by atoms with Gasteiger partial charge in [-0.2, -0.15) is 4.98 Å². The van der Waals surface area contributed by atoms with Crippen molar-refractivity contribution in [3.05, 3.63) is 36.4 Å². The fourth-order valence-electron chi connectivity index (χ4n) is 1.14. The molecule has 0 aliphatic carbocycles. The summed E-state index contributed by atoms with van der Waals surface area (Å²) in [7, 11) is 0. The van der Waals surface area contributed by atoms with E-state index in [9.17, 15) is 0 Å². The molecule has 0 atom stereocenters. The van der Waals surface area contributed by atoms with Gasteiger partial charge in [0.1, 0.15) is 17.4 Å². The Morgan fingerprint density at radius 2 is 2.20 bits per heavy atom. The predicted octanol–water partition coefficient (Wildman–Crippen LogP) is 1.55. The fraction of sp³-hybridized carbons (Fsp3) is 0.100. The molecule has 0 bridgehead atoms. The summed E-state index contributed by atoms with van der Waals surface area (Å²) in [5.74, 6) is 2.01. The minimum Gasteiger partial charge on any atom is -0.437 e. The number of pyridine rings is 1. The molecular formula is C10H10N4O. The molecule has 76 valence electrons. The van der Waals surface area contributed by atoms with E-state index in [0.717, 1.165) is 0 Å². The standard InChI is InChI=1S/C10H10N4O/c1-7-13-9(11)5-10(14-7)15-8-3-2-4-12-6-8/h2-6H,1H3,(H2,11,13,14). The van der Waals surface area contributed by atoms with Crippen LogP contribution >= 0.6 is 0 Å². The molecule has 2 aromatic heterocycles.